The number of rotatable bonds is 7. The standard InChI is InChI=1S/C21H19ClFN5O2S2/c1-28-18(10-30-12-6-7-16(23)15(22)8-12)26-27-21(28)31-11-19(29)25-20-14(9-24)13-4-2-3-5-17(13)32-20/h6-8H,2-5,10-11H2,1H3,(H,25,29). The number of nitriles is 1. The van der Waals surface area contributed by atoms with Gasteiger partial charge in [0.15, 0.2) is 11.0 Å². The molecule has 0 saturated carbocycles. The summed E-state index contributed by atoms with van der Waals surface area (Å²) in [6.45, 7) is 0.116. The lowest BCUT2D eigenvalue weighted by Gasteiger charge is -2.09. The fourth-order valence-electron chi connectivity index (χ4n) is 3.38. The van der Waals surface area contributed by atoms with Crippen LogP contribution in [0.1, 0.15) is 34.7 Å². The summed E-state index contributed by atoms with van der Waals surface area (Å²) in [6, 6.07) is 6.36. The van der Waals surface area contributed by atoms with Gasteiger partial charge >= 0.3 is 0 Å². The summed E-state index contributed by atoms with van der Waals surface area (Å²) in [7, 11) is 1.78. The van der Waals surface area contributed by atoms with Crippen molar-refractivity contribution in [2.75, 3.05) is 11.1 Å². The molecule has 1 aliphatic carbocycles. The van der Waals surface area contributed by atoms with Gasteiger partial charge in [-0.3, -0.25) is 4.79 Å². The van der Waals surface area contributed by atoms with E-state index in [2.05, 4.69) is 21.6 Å². The number of anilines is 1. The number of ether oxygens (including phenoxy) is 1. The normalized spacial score (nSPS) is 12.8. The van der Waals surface area contributed by atoms with E-state index >= 15 is 0 Å². The molecule has 0 unspecified atom stereocenters. The maximum atomic E-state index is 13.3. The average Bonchev–Trinajstić information content (AvgIpc) is 3.32. The molecule has 7 nitrogen and oxygen atoms in total. The van der Waals surface area contributed by atoms with Crippen LogP contribution in [-0.4, -0.2) is 26.4 Å². The molecule has 0 bridgehead atoms. The minimum absolute atomic E-state index is 0.0196. The Kier molecular flexibility index (Phi) is 6.98. The van der Waals surface area contributed by atoms with Crippen molar-refractivity contribution in [3.63, 3.8) is 0 Å². The summed E-state index contributed by atoms with van der Waals surface area (Å²) in [5.41, 5.74) is 1.69. The number of thioether (sulfide) groups is 1. The number of nitrogens with zero attached hydrogens (tertiary/aromatic N) is 4. The Balaban J connectivity index is 1.34. The molecule has 2 aromatic heterocycles. The smallest absolute Gasteiger partial charge is 0.235 e. The second-order valence-electron chi connectivity index (χ2n) is 7.19. The topological polar surface area (TPSA) is 92.8 Å². The zero-order chi connectivity index (χ0) is 22.7. The number of carbonyl (C=O) groups is 1. The van der Waals surface area contributed by atoms with Crippen molar-refractivity contribution in [3.05, 3.63) is 50.9 Å². The fraction of sp³-hybridized carbons (Fsp3) is 0.333. The van der Waals surface area contributed by atoms with Crippen LogP contribution in [0.25, 0.3) is 0 Å². The molecule has 3 aromatic rings. The molecule has 1 aromatic carbocycles. The second kappa shape index (κ2) is 9.90. The lowest BCUT2D eigenvalue weighted by molar-refractivity contribution is -0.113. The molecule has 2 heterocycles. The van der Waals surface area contributed by atoms with Crippen LogP contribution < -0.4 is 10.1 Å². The first-order chi connectivity index (χ1) is 15.5. The number of aryl methyl sites for hydroxylation is 1. The Labute approximate surface area is 197 Å². The van der Waals surface area contributed by atoms with Crippen LogP contribution in [0.3, 0.4) is 0 Å². The molecule has 1 aliphatic rings. The van der Waals surface area contributed by atoms with Crippen molar-refractivity contribution in [1.82, 2.24) is 14.8 Å². The van der Waals surface area contributed by atoms with Crippen LogP contribution in [0.15, 0.2) is 23.4 Å². The predicted octanol–water partition coefficient (Wildman–Crippen LogP) is 4.73. The molecule has 1 N–H and O–H groups in total. The van der Waals surface area contributed by atoms with Gasteiger partial charge < -0.3 is 14.6 Å². The fourth-order valence-corrected chi connectivity index (χ4v) is 5.53. The van der Waals surface area contributed by atoms with E-state index in [1.165, 1.54) is 46.2 Å². The summed E-state index contributed by atoms with van der Waals surface area (Å²) in [5, 5.41) is 21.8. The summed E-state index contributed by atoms with van der Waals surface area (Å²) < 4.78 is 20.6. The Bertz CT molecular complexity index is 1200. The number of nitrogens with one attached hydrogen (secondary N) is 1. The summed E-state index contributed by atoms with van der Waals surface area (Å²) in [5.74, 6) is 0.380. The van der Waals surface area contributed by atoms with Crippen LogP contribution in [0.5, 0.6) is 5.75 Å². The van der Waals surface area contributed by atoms with Gasteiger partial charge in [-0.15, -0.1) is 21.5 Å². The zero-order valence-electron chi connectivity index (χ0n) is 17.2. The first kappa shape index (κ1) is 22.6. The lowest BCUT2D eigenvalue weighted by atomic mass is 9.96. The molecule has 0 radical (unpaired) electrons. The van der Waals surface area contributed by atoms with E-state index in [-0.39, 0.29) is 23.3 Å². The third-order valence-corrected chi connectivity index (χ3v) is 7.57. The monoisotopic (exact) mass is 491 g/mol. The van der Waals surface area contributed by atoms with E-state index in [1.54, 1.807) is 11.6 Å². The minimum atomic E-state index is -0.515. The van der Waals surface area contributed by atoms with Crippen molar-refractivity contribution in [2.24, 2.45) is 7.05 Å². The number of aromatic nitrogens is 3. The number of thiophene rings is 1. The summed E-state index contributed by atoms with van der Waals surface area (Å²) >= 11 is 8.51. The molecule has 0 spiro atoms. The third-order valence-electron chi connectivity index (χ3n) is 5.05. The molecule has 0 atom stereocenters. The first-order valence-corrected chi connectivity index (χ1v) is 12.1. The quantitative estimate of drug-likeness (QED) is 0.480. The minimum Gasteiger partial charge on any atom is -0.486 e. The van der Waals surface area contributed by atoms with Crippen LogP contribution in [0.4, 0.5) is 9.39 Å². The van der Waals surface area contributed by atoms with Gasteiger partial charge in [-0.1, -0.05) is 23.4 Å². The van der Waals surface area contributed by atoms with Crippen LogP contribution in [0.2, 0.25) is 5.02 Å². The molecule has 0 aliphatic heterocycles. The first-order valence-electron chi connectivity index (χ1n) is 9.89. The number of halogens is 2. The zero-order valence-corrected chi connectivity index (χ0v) is 19.5. The Hall–Kier alpha value is -2.61. The predicted molar refractivity (Wildman–Crippen MR) is 122 cm³/mol. The number of benzene rings is 1. The molecule has 0 fully saturated rings. The number of amides is 1. The van der Waals surface area contributed by atoms with Crippen molar-refractivity contribution in [3.8, 4) is 11.8 Å². The molecular formula is C21H19ClFN5O2S2. The molecule has 1 amide bonds. The Morgan fingerprint density at radius 2 is 2.22 bits per heavy atom. The van der Waals surface area contributed by atoms with Crippen molar-refractivity contribution >= 4 is 45.6 Å². The molecule has 11 heteroatoms. The van der Waals surface area contributed by atoms with E-state index < -0.39 is 5.82 Å². The summed E-state index contributed by atoms with van der Waals surface area (Å²) in [6.07, 6.45) is 4.06. The number of hydrogen-bond acceptors (Lipinski definition) is 7. The average molecular weight is 492 g/mol. The number of hydrogen-bond donors (Lipinski definition) is 1. The van der Waals surface area contributed by atoms with E-state index in [0.717, 1.165) is 31.2 Å². The molecule has 0 saturated heterocycles. The highest BCUT2D eigenvalue weighted by molar-refractivity contribution is 7.99. The van der Waals surface area contributed by atoms with Gasteiger partial charge in [-0.05, 0) is 43.4 Å². The highest BCUT2D eigenvalue weighted by Crippen LogP contribution is 2.37. The van der Waals surface area contributed by atoms with E-state index in [4.69, 9.17) is 16.3 Å². The highest BCUT2D eigenvalue weighted by atomic mass is 35.5. The maximum Gasteiger partial charge on any atom is 0.235 e. The number of carbonyl (C=O) groups excluding carboxylic acids is 1. The van der Waals surface area contributed by atoms with Gasteiger partial charge in [-0.2, -0.15) is 5.26 Å². The van der Waals surface area contributed by atoms with Gasteiger partial charge in [0, 0.05) is 18.0 Å². The van der Waals surface area contributed by atoms with Gasteiger partial charge in [0.05, 0.1) is 16.3 Å². The van der Waals surface area contributed by atoms with E-state index in [0.29, 0.717) is 27.3 Å². The number of fused-ring (bicyclic) bond motifs is 1. The van der Waals surface area contributed by atoms with Crippen molar-refractivity contribution in [2.45, 2.75) is 37.4 Å². The Morgan fingerprint density at radius 1 is 1.41 bits per heavy atom. The Morgan fingerprint density at radius 3 is 3.00 bits per heavy atom. The molecular weight excluding hydrogens is 473 g/mol. The van der Waals surface area contributed by atoms with Crippen molar-refractivity contribution in [1.29, 1.82) is 5.26 Å². The largest absolute Gasteiger partial charge is 0.486 e. The van der Waals surface area contributed by atoms with Crippen LogP contribution >= 0.6 is 34.7 Å². The SMILES string of the molecule is Cn1c(COc2ccc(F)c(Cl)c2)nnc1SCC(=O)Nc1sc2c(c1C#N)CCCC2. The third kappa shape index (κ3) is 4.90. The van der Waals surface area contributed by atoms with E-state index in [1.807, 2.05) is 0 Å². The van der Waals surface area contributed by atoms with Gasteiger partial charge in [0.1, 0.15) is 29.2 Å². The summed E-state index contributed by atoms with van der Waals surface area (Å²) in [4.78, 5) is 13.7. The van der Waals surface area contributed by atoms with E-state index in [9.17, 15) is 14.4 Å². The van der Waals surface area contributed by atoms with Gasteiger partial charge in [0.2, 0.25) is 5.91 Å². The van der Waals surface area contributed by atoms with Crippen molar-refractivity contribution < 1.29 is 13.9 Å². The van der Waals surface area contributed by atoms with Crippen LogP contribution in [0, 0.1) is 17.1 Å². The molecule has 4 rings (SSSR count). The highest BCUT2D eigenvalue weighted by Gasteiger charge is 2.22. The lowest BCUT2D eigenvalue weighted by Crippen LogP contribution is -2.14. The van der Waals surface area contributed by atoms with Gasteiger partial charge in [0.25, 0.3) is 0 Å². The maximum absolute atomic E-state index is 13.3. The van der Waals surface area contributed by atoms with Crippen LogP contribution in [-0.2, 0) is 31.3 Å². The second-order valence-corrected chi connectivity index (χ2v) is 9.64. The molecule has 166 valence electrons. The van der Waals surface area contributed by atoms with Gasteiger partial charge in [-0.25, -0.2) is 4.39 Å². The molecule has 32 heavy (non-hydrogen) atoms.